The van der Waals surface area contributed by atoms with Crippen LogP contribution in [0.1, 0.15) is 23.8 Å². The first kappa shape index (κ1) is 19.4. The normalized spacial score (nSPS) is 15.8. The molecule has 3 aromatic rings. The van der Waals surface area contributed by atoms with Gasteiger partial charge in [0.05, 0.1) is 31.6 Å². The number of ether oxygens (including phenoxy) is 2. The summed E-state index contributed by atoms with van der Waals surface area (Å²) < 4.78 is 11.9. The van der Waals surface area contributed by atoms with E-state index in [1.807, 2.05) is 0 Å². The van der Waals surface area contributed by atoms with Gasteiger partial charge in [0.15, 0.2) is 0 Å². The first-order chi connectivity index (χ1) is 14.0. The van der Waals surface area contributed by atoms with Crippen molar-refractivity contribution in [2.75, 3.05) is 19.5 Å². The Labute approximate surface area is 172 Å². The second kappa shape index (κ2) is 7.87. The smallest absolute Gasteiger partial charge is 0.262 e. The number of methoxy groups -OCH3 is 2. The van der Waals surface area contributed by atoms with Crippen LogP contribution in [0.3, 0.4) is 0 Å². The average molecular weight is 413 g/mol. The van der Waals surface area contributed by atoms with Crippen molar-refractivity contribution >= 4 is 33.1 Å². The number of aromatic nitrogens is 2. The Balaban J connectivity index is 1.61. The molecule has 2 aromatic heterocycles. The average Bonchev–Trinajstić information content (AvgIpc) is 3.08. The van der Waals surface area contributed by atoms with Crippen LogP contribution in [0.25, 0.3) is 10.2 Å². The van der Waals surface area contributed by atoms with Gasteiger partial charge in [-0.05, 0) is 42.9 Å². The van der Waals surface area contributed by atoms with Crippen LogP contribution < -0.4 is 20.3 Å². The zero-order valence-corrected chi connectivity index (χ0v) is 17.5. The molecule has 0 saturated heterocycles. The van der Waals surface area contributed by atoms with Gasteiger partial charge in [-0.25, -0.2) is 4.98 Å². The van der Waals surface area contributed by atoms with Crippen LogP contribution in [0.4, 0.5) is 5.69 Å². The molecule has 0 bridgehead atoms. The molecule has 152 valence electrons. The molecular formula is C21H23N3O4S. The van der Waals surface area contributed by atoms with Crippen LogP contribution in [0.2, 0.25) is 0 Å². The number of carbonyl (C=O) groups is 1. The summed E-state index contributed by atoms with van der Waals surface area (Å²) >= 11 is 1.60. The van der Waals surface area contributed by atoms with Gasteiger partial charge in [0, 0.05) is 10.9 Å². The van der Waals surface area contributed by atoms with E-state index in [4.69, 9.17) is 9.47 Å². The molecule has 29 heavy (non-hydrogen) atoms. The van der Waals surface area contributed by atoms with Crippen LogP contribution in [0.5, 0.6) is 11.5 Å². The number of aryl methyl sites for hydroxylation is 1. The summed E-state index contributed by atoms with van der Waals surface area (Å²) in [6.07, 6.45) is 4.41. The monoisotopic (exact) mass is 413 g/mol. The molecule has 0 fully saturated rings. The summed E-state index contributed by atoms with van der Waals surface area (Å²) in [5, 5.41) is 3.47. The molecule has 1 aromatic carbocycles. The van der Waals surface area contributed by atoms with Crippen LogP contribution in [-0.2, 0) is 24.2 Å². The number of rotatable bonds is 5. The third kappa shape index (κ3) is 3.72. The number of thiophene rings is 1. The predicted octanol–water partition coefficient (Wildman–Crippen LogP) is 3.24. The first-order valence-corrected chi connectivity index (χ1v) is 10.3. The molecule has 2 heterocycles. The first-order valence-electron chi connectivity index (χ1n) is 9.51. The Morgan fingerprint density at radius 1 is 1.34 bits per heavy atom. The van der Waals surface area contributed by atoms with Gasteiger partial charge in [-0.15, -0.1) is 11.3 Å². The lowest BCUT2D eigenvalue weighted by Crippen LogP contribution is -2.28. The SMILES string of the molecule is COc1ccc(OC)c(NC(=O)Cn2cnc3sc4c(c3c2=O)CCC(C)C4)c1. The van der Waals surface area contributed by atoms with E-state index < -0.39 is 0 Å². The Hall–Kier alpha value is -2.87. The molecule has 1 aliphatic rings. The molecular weight excluding hydrogens is 390 g/mol. The maximum Gasteiger partial charge on any atom is 0.262 e. The number of amides is 1. The van der Waals surface area contributed by atoms with Crippen molar-refractivity contribution in [1.82, 2.24) is 9.55 Å². The Bertz CT molecular complexity index is 1130. The van der Waals surface area contributed by atoms with Crippen LogP contribution in [0, 0.1) is 5.92 Å². The van der Waals surface area contributed by atoms with Crippen molar-refractivity contribution in [1.29, 1.82) is 0 Å². The van der Waals surface area contributed by atoms with Gasteiger partial charge in [0.1, 0.15) is 22.9 Å². The fraction of sp³-hybridized carbons (Fsp3) is 0.381. The standard InChI is InChI=1S/C21H23N3O4S/c1-12-4-6-14-17(8-12)29-20-19(14)21(26)24(11-22-20)10-18(25)23-15-9-13(27-2)5-7-16(15)28-3/h5,7,9,11-12H,4,6,8,10H2,1-3H3,(H,23,25). The van der Waals surface area contributed by atoms with Gasteiger partial charge in [-0.2, -0.15) is 0 Å². The Morgan fingerprint density at radius 3 is 2.93 bits per heavy atom. The summed E-state index contributed by atoms with van der Waals surface area (Å²) in [6, 6.07) is 5.14. The minimum absolute atomic E-state index is 0.122. The minimum atomic E-state index is -0.336. The van der Waals surface area contributed by atoms with Crippen molar-refractivity contribution in [2.24, 2.45) is 5.92 Å². The summed E-state index contributed by atoms with van der Waals surface area (Å²) in [7, 11) is 3.08. The highest BCUT2D eigenvalue weighted by Crippen LogP contribution is 2.35. The van der Waals surface area contributed by atoms with Crippen LogP contribution >= 0.6 is 11.3 Å². The van der Waals surface area contributed by atoms with Crippen molar-refractivity contribution in [2.45, 2.75) is 32.7 Å². The number of hydrogen-bond acceptors (Lipinski definition) is 6. The van der Waals surface area contributed by atoms with Crippen LogP contribution in [0.15, 0.2) is 29.3 Å². The van der Waals surface area contributed by atoms with E-state index >= 15 is 0 Å². The molecule has 8 heteroatoms. The zero-order valence-electron chi connectivity index (χ0n) is 16.7. The van der Waals surface area contributed by atoms with E-state index in [1.54, 1.807) is 36.6 Å². The fourth-order valence-corrected chi connectivity index (χ4v) is 5.08. The molecule has 1 amide bonds. The number of anilines is 1. The van der Waals surface area contributed by atoms with Gasteiger partial charge in [-0.1, -0.05) is 6.92 Å². The summed E-state index contributed by atoms with van der Waals surface area (Å²) in [5.74, 6) is 1.40. The number of nitrogens with zero attached hydrogens (tertiary/aromatic N) is 2. The maximum atomic E-state index is 13.1. The number of benzene rings is 1. The van der Waals surface area contributed by atoms with Crippen molar-refractivity contribution in [3.8, 4) is 11.5 Å². The highest BCUT2D eigenvalue weighted by Gasteiger charge is 2.23. The molecule has 1 atom stereocenters. The number of hydrogen-bond donors (Lipinski definition) is 1. The minimum Gasteiger partial charge on any atom is -0.497 e. The van der Waals surface area contributed by atoms with E-state index in [9.17, 15) is 9.59 Å². The third-order valence-corrected chi connectivity index (χ3v) is 6.44. The van der Waals surface area contributed by atoms with Crippen molar-refractivity contribution in [3.05, 3.63) is 45.3 Å². The van der Waals surface area contributed by atoms with E-state index in [0.717, 1.165) is 29.7 Å². The summed E-state index contributed by atoms with van der Waals surface area (Å²) in [5.41, 5.74) is 1.44. The predicted molar refractivity (Wildman–Crippen MR) is 113 cm³/mol. The topological polar surface area (TPSA) is 82.4 Å². The van der Waals surface area contributed by atoms with Crippen molar-refractivity contribution in [3.63, 3.8) is 0 Å². The van der Waals surface area contributed by atoms with Gasteiger partial charge in [-0.3, -0.25) is 14.2 Å². The van der Waals surface area contributed by atoms with Gasteiger partial charge in [0.2, 0.25) is 5.91 Å². The lowest BCUT2D eigenvalue weighted by atomic mass is 9.89. The highest BCUT2D eigenvalue weighted by atomic mass is 32.1. The largest absolute Gasteiger partial charge is 0.497 e. The van der Waals surface area contributed by atoms with E-state index in [0.29, 0.717) is 28.5 Å². The third-order valence-electron chi connectivity index (χ3n) is 5.28. The van der Waals surface area contributed by atoms with Gasteiger partial charge >= 0.3 is 0 Å². The second-order valence-corrected chi connectivity index (χ2v) is 8.41. The summed E-state index contributed by atoms with van der Waals surface area (Å²) in [6.45, 7) is 2.11. The maximum absolute atomic E-state index is 13.1. The molecule has 0 aliphatic heterocycles. The molecule has 0 saturated carbocycles. The van der Waals surface area contributed by atoms with Crippen molar-refractivity contribution < 1.29 is 14.3 Å². The summed E-state index contributed by atoms with van der Waals surface area (Å²) in [4.78, 5) is 32.1. The molecule has 0 spiro atoms. The lowest BCUT2D eigenvalue weighted by Gasteiger charge is -2.17. The second-order valence-electron chi connectivity index (χ2n) is 7.32. The molecule has 1 unspecified atom stereocenters. The Kier molecular flexibility index (Phi) is 5.27. The molecule has 1 aliphatic carbocycles. The molecule has 4 rings (SSSR count). The molecule has 7 nitrogen and oxygen atoms in total. The lowest BCUT2D eigenvalue weighted by molar-refractivity contribution is -0.116. The number of nitrogens with one attached hydrogen (secondary N) is 1. The van der Waals surface area contributed by atoms with Gasteiger partial charge in [0.25, 0.3) is 5.56 Å². The number of fused-ring (bicyclic) bond motifs is 3. The van der Waals surface area contributed by atoms with E-state index in [1.165, 1.54) is 22.9 Å². The zero-order chi connectivity index (χ0) is 20.5. The Morgan fingerprint density at radius 2 is 2.17 bits per heavy atom. The molecule has 1 N–H and O–H groups in total. The fourth-order valence-electron chi connectivity index (χ4n) is 3.73. The quantitative estimate of drug-likeness (QED) is 0.694. The van der Waals surface area contributed by atoms with E-state index in [-0.39, 0.29) is 18.0 Å². The highest BCUT2D eigenvalue weighted by molar-refractivity contribution is 7.18. The van der Waals surface area contributed by atoms with Crippen LogP contribution in [-0.4, -0.2) is 29.7 Å². The molecule has 0 radical (unpaired) electrons. The van der Waals surface area contributed by atoms with E-state index in [2.05, 4.69) is 17.2 Å². The van der Waals surface area contributed by atoms with Gasteiger partial charge < -0.3 is 14.8 Å². The number of carbonyl (C=O) groups excluding carboxylic acids is 1.